The number of anilines is 1. The molecule has 0 bridgehead atoms. The number of carbonyl (C=O) groups is 1. The largest absolute Gasteiger partial charge is 0.453 e. The molecule has 0 radical (unpaired) electrons. The lowest BCUT2D eigenvalue weighted by atomic mass is 9.57. The van der Waals surface area contributed by atoms with Gasteiger partial charge in [0.15, 0.2) is 0 Å². The Bertz CT molecular complexity index is 1410. The molecule has 0 aromatic heterocycles. The quantitative estimate of drug-likeness (QED) is 0.275. The SMILES string of the molecule is COC(=O)N[C@H]1CCC[C@@H]1[C@](CN1CCC1)(c1cccc(F)c1)C1CCN(CC2(OC)CN(c3ccc(SC[C@H]4COCCO4)cc3)C2)CC1. The molecule has 2 aromatic carbocycles. The van der Waals surface area contributed by atoms with Gasteiger partial charge in [0.05, 0.1) is 46.1 Å². The van der Waals surface area contributed by atoms with Crippen molar-refractivity contribution < 1.29 is 28.1 Å². The van der Waals surface area contributed by atoms with Gasteiger partial charge in [0.2, 0.25) is 0 Å². The van der Waals surface area contributed by atoms with Crippen LogP contribution in [-0.4, -0.2) is 126 Å². The molecule has 11 heteroatoms. The highest BCUT2D eigenvalue weighted by atomic mass is 32.2. The number of carbonyl (C=O) groups excluding carboxylic acids is 1. The molecule has 4 aliphatic heterocycles. The molecule has 50 heavy (non-hydrogen) atoms. The van der Waals surface area contributed by atoms with E-state index < -0.39 is 0 Å². The minimum absolute atomic E-state index is 0.0101. The molecule has 1 N–H and O–H groups in total. The number of piperidine rings is 1. The standard InChI is InChI=1S/C39H55FN4O5S/c1-46-37(45)41-36-9-4-8-35(36)39(28-42-16-5-17-42,30-6-3-7-31(40)22-30)29-14-18-43(19-15-29)25-38(47-2)26-44(27-38)32-10-12-34(13-11-32)50-24-33-23-48-20-21-49-33/h3,6-7,10-13,22,29,33,35-36H,4-5,8-9,14-21,23-28H2,1-2H3,(H,41,45)/t33-,35+,36+,39+/m1/s1. The third-order valence-corrected chi connectivity index (χ3v) is 13.3. The van der Waals surface area contributed by atoms with Crippen molar-refractivity contribution in [3.8, 4) is 0 Å². The van der Waals surface area contributed by atoms with E-state index in [1.165, 1.54) is 24.1 Å². The molecule has 4 atom stereocenters. The van der Waals surface area contributed by atoms with Crippen LogP contribution in [0.3, 0.4) is 0 Å². The molecule has 7 rings (SSSR count). The number of nitrogens with one attached hydrogen (secondary N) is 1. The van der Waals surface area contributed by atoms with Crippen LogP contribution in [0.2, 0.25) is 0 Å². The van der Waals surface area contributed by atoms with Gasteiger partial charge in [-0.2, -0.15) is 0 Å². The molecular formula is C39H55FN4O5S. The van der Waals surface area contributed by atoms with E-state index >= 15 is 4.39 Å². The van der Waals surface area contributed by atoms with Crippen LogP contribution < -0.4 is 10.2 Å². The van der Waals surface area contributed by atoms with Gasteiger partial charge in [-0.15, -0.1) is 11.8 Å². The highest BCUT2D eigenvalue weighted by Gasteiger charge is 2.54. The number of halogens is 1. The Labute approximate surface area is 301 Å². The van der Waals surface area contributed by atoms with E-state index in [0.29, 0.717) is 25.7 Å². The fraction of sp³-hybridized carbons (Fsp3) is 0.667. The van der Waals surface area contributed by atoms with Gasteiger partial charge >= 0.3 is 6.09 Å². The summed E-state index contributed by atoms with van der Waals surface area (Å²) >= 11 is 1.82. The second kappa shape index (κ2) is 16.1. The van der Waals surface area contributed by atoms with Gasteiger partial charge in [-0.25, -0.2) is 9.18 Å². The maximum Gasteiger partial charge on any atom is 0.407 e. The van der Waals surface area contributed by atoms with Crippen LogP contribution in [0.1, 0.15) is 44.1 Å². The van der Waals surface area contributed by atoms with Crippen molar-refractivity contribution in [3.63, 3.8) is 0 Å². The second-order valence-electron chi connectivity index (χ2n) is 15.1. The Hall–Kier alpha value is -2.41. The average molecular weight is 711 g/mol. The van der Waals surface area contributed by atoms with Crippen molar-refractivity contribution in [2.45, 2.75) is 66.6 Å². The predicted molar refractivity (Wildman–Crippen MR) is 195 cm³/mol. The van der Waals surface area contributed by atoms with Crippen LogP contribution in [0.4, 0.5) is 14.9 Å². The molecular weight excluding hydrogens is 656 g/mol. The number of methoxy groups -OCH3 is 2. The number of alkyl carbamates (subject to hydrolysis) is 1. The summed E-state index contributed by atoms with van der Waals surface area (Å²) < 4.78 is 37.7. The van der Waals surface area contributed by atoms with E-state index in [0.717, 1.165) is 95.8 Å². The number of hydrogen-bond donors (Lipinski definition) is 1. The van der Waals surface area contributed by atoms with Gasteiger partial charge in [0.25, 0.3) is 0 Å². The van der Waals surface area contributed by atoms with Gasteiger partial charge in [-0.3, -0.25) is 0 Å². The number of nitrogens with zero attached hydrogens (tertiary/aromatic N) is 3. The summed E-state index contributed by atoms with van der Waals surface area (Å²) in [6, 6.07) is 16.2. The number of likely N-dealkylation sites (tertiary alicyclic amines) is 2. The molecule has 1 saturated carbocycles. The number of ether oxygens (including phenoxy) is 4. The summed E-state index contributed by atoms with van der Waals surface area (Å²) in [7, 11) is 3.29. The number of thioether (sulfide) groups is 1. The van der Waals surface area contributed by atoms with E-state index in [4.69, 9.17) is 18.9 Å². The molecule has 4 saturated heterocycles. The van der Waals surface area contributed by atoms with Crippen molar-refractivity contribution in [1.29, 1.82) is 0 Å². The van der Waals surface area contributed by atoms with Crippen LogP contribution in [0.25, 0.3) is 0 Å². The molecule has 1 amide bonds. The average Bonchev–Trinajstić information content (AvgIpc) is 3.58. The Kier molecular flexibility index (Phi) is 11.6. The van der Waals surface area contributed by atoms with Gasteiger partial charge < -0.3 is 39.0 Å². The first kappa shape index (κ1) is 36.0. The summed E-state index contributed by atoms with van der Waals surface area (Å²) in [5.74, 6) is 1.30. The third-order valence-electron chi connectivity index (χ3n) is 12.2. The van der Waals surface area contributed by atoms with Crippen LogP contribution in [0.15, 0.2) is 53.4 Å². The monoisotopic (exact) mass is 710 g/mol. The van der Waals surface area contributed by atoms with Crippen LogP contribution in [0, 0.1) is 17.7 Å². The molecule has 5 fully saturated rings. The molecule has 274 valence electrons. The van der Waals surface area contributed by atoms with E-state index in [9.17, 15) is 4.79 Å². The highest BCUT2D eigenvalue weighted by molar-refractivity contribution is 7.99. The van der Waals surface area contributed by atoms with Gasteiger partial charge in [-0.1, -0.05) is 18.6 Å². The van der Waals surface area contributed by atoms with Gasteiger partial charge in [-0.05, 0) is 112 Å². The molecule has 5 aliphatic rings. The predicted octanol–water partition coefficient (Wildman–Crippen LogP) is 5.42. The smallest absolute Gasteiger partial charge is 0.407 e. The van der Waals surface area contributed by atoms with E-state index in [1.54, 1.807) is 12.1 Å². The van der Waals surface area contributed by atoms with E-state index in [2.05, 4.69) is 50.3 Å². The van der Waals surface area contributed by atoms with Crippen molar-refractivity contribution in [3.05, 3.63) is 59.9 Å². The van der Waals surface area contributed by atoms with Crippen molar-refractivity contribution in [2.24, 2.45) is 11.8 Å². The van der Waals surface area contributed by atoms with E-state index in [-0.39, 0.29) is 41.0 Å². The first-order valence-electron chi connectivity index (χ1n) is 18.7. The summed E-state index contributed by atoms with van der Waals surface area (Å²) in [5, 5.41) is 3.20. The van der Waals surface area contributed by atoms with Crippen LogP contribution in [-0.2, 0) is 24.4 Å². The highest BCUT2D eigenvalue weighted by Crippen LogP contribution is 2.51. The van der Waals surface area contributed by atoms with Crippen LogP contribution in [0.5, 0.6) is 0 Å². The van der Waals surface area contributed by atoms with Crippen molar-refractivity contribution >= 4 is 23.5 Å². The van der Waals surface area contributed by atoms with Gasteiger partial charge in [0, 0.05) is 48.0 Å². The minimum Gasteiger partial charge on any atom is -0.453 e. The Morgan fingerprint density at radius 1 is 1.00 bits per heavy atom. The lowest BCUT2D eigenvalue weighted by Gasteiger charge is -2.55. The maximum atomic E-state index is 15.0. The zero-order valence-electron chi connectivity index (χ0n) is 29.8. The number of amides is 1. The molecule has 4 heterocycles. The number of benzene rings is 2. The second-order valence-corrected chi connectivity index (χ2v) is 16.2. The Morgan fingerprint density at radius 3 is 2.46 bits per heavy atom. The first-order chi connectivity index (χ1) is 24.4. The molecule has 0 spiro atoms. The fourth-order valence-corrected chi connectivity index (χ4v) is 10.4. The third kappa shape index (κ3) is 7.83. The van der Waals surface area contributed by atoms with Crippen LogP contribution >= 0.6 is 11.8 Å². The normalized spacial score (nSPS) is 27.3. The number of hydrogen-bond acceptors (Lipinski definition) is 9. The Balaban J connectivity index is 1.01. The maximum absolute atomic E-state index is 15.0. The zero-order valence-corrected chi connectivity index (χ0v) is 30.6. The van der Waals surface area contributed by atoms with Crippen molar-refractivity contribution in [2.75, 3.05) is 97.1 Å². The summed E-state index contributed by atoms with van der Waals surface area (Å²) in [4.78, 5) is 21.3. The lowest BCUT2D eigenvalue weighted by molar-refractivity contribution is -0.0776. The van der Waals surface area contributed by atoms with E-state index in [1.807, 2.05) is 24.9 Å². The number of rotatable bonds is 13. The summed E-state index contributed by atoms with van der Waals surface area (Å²) in [6.07, 6.45) is 6.06. The zero-order chi connectivity index (χ0) is 34.6. The minimum atomic E-state index is -0.372. The molecule has 0 unspecified atom stereocenters. The fourth-order valence-electron chi connectivity index (χ4n) is 9.45. The molecule has 2 aromatic rings. The summed E-state index contributed by atoms with van der Waals surface area (Å²) in [6.45, 7) is 9.73. The van der Waals surface area contributed by atoms with Gasteiger partial charge in [0.1, 0.15) is 11.4 Å². The Morgan fingerprint density at radius 2 is 1.80 bits per heavy atom. The topological polar surface area (TPSA) is 75.7 Å². The lowest BCUT2D eigenvalue weighted by Crippen LogP contribution is -2.68. The first-order valence-corrected chi connectivity index (χ1v) is 19.7. The summed E-state index contributed by atoms with van der Waals surface area (Å²) in [5.41, 5.74) is 1.87. The van der Waals surface area contributed by atoms with Crippen molar-refractivity contribution in [1.82, 2.24) is 15.1 Å². The molecule has 1 aliphatic carbocycles. The molecule has 9 nitrogen and oxygen atoms in total.